The van der Waals surface area contributed by atoms with E-state index in [0.717, 1.165) is 33.4 Å². The van der Waals surface area contributed by atoms with Gasteiger partial charge in [0, 0.05) is 24.4 Å². The van der Waals surface area contributed by atoms with E-state index in [1.807, 2.05) is 65.7 Å². The summed E-state index contributed by atoms with van der Waals surface area (Å²) in [5.41, 5.74) is 5.25. The molecule has 6 nitrogen and oxygen atoms in total. The van der Waals surface area contributed by atoms with Crippen molar-refractivity contribution in [3.05, 3.63) is 164 Å². The van der Waals surface area contributed by atoms with Crippen LogP contribution in [-0.2, 0) is 25.1 Å². The fourth-order valence-corrected chi connectivity index (χ4v) is 7.50. The van der Waals surface area contributed by atoms with Gasteiger partial charge in [0.25, 0.3) is 11.3 Å². The molecule has 4 aliphatic rings. The number of hydrogen-bond donors (Lipinski definition) is 0. The second kappa shape index (κ2) is 9.16. The Morgan fingerprint density at radius 1 is 0.867 bits per heavy atom. The molecular weight excluding hydrogens is 572 g/mol. The molecule has 0 radical (unpaired) electrons. The minimum Gasteiger partial charge on any atom is -0.482 e. The summed E-state index contributed by atoms with van der Waals surface area (Å²) in [4.78, 5) is 29.3. The normalized spacial score (nSPS) is 18.4. The highest BCUT2D eigenvalue weighted by Gasteiger charge is 2.56. The summed E-state index contributed by atoms with van der Waals surface area (Å²) in [7, 11) is 0. The number of aromatic nitrogens is 1. The van der Waals surface area contributed by atoms with E-state index in [0.29, 0.717) is 23.1 Å². The zero-order valence-corrected chi connectivity index (χ0v) is 23.8. The quantitative estimate of drug-likeness (QED) is 0.267. The van der Waals surface area contributed by atoms with Crippen molar-refractivity contribution in [2.75, 3.05) is 11.7 Å². The monoisotopic (exact) mass is 595 g/mol. The standard InChI is InChI=1S/C37H23F2N3O3/c38-27-10-11-28-25(16-27)19-40-21-42(41-13-12-33(43)35(34(41)36(40)44)45-20-22-6-2-1-3-7-22)37-26(14-23-8-4-5-9-30(23)37)15-24-17-32(39)29(28)18-31(24)37/h1-11,14,16-18H,15,19-21H2. The van der Waals surface area contributed by atoms with E-state index in [9.17, 15) is 14.0 Å². The van der Waals surface area contributed by atoms with Crippen LogP contribution in [0.1, 0.15) is 43.9 Å². The first-order chi connectivity index (χ1) is 21.9. The zero-order chi connectivity index (χ0) is 30.4. The Labute approximate surface area is 257 Å². The van der Waals surface area contributed by atoms with Gasteiger partial charge in [0.2, 0.25) is 5.75 Å². The van der Waals surface area contributed by atoms with Gasteiger partial charge in [0.05, 0.1) is 0 Å². The minimum absolute atomic E-state index is 0.00773. The molecule has 1 unspecified atom stereocenters. The molecule has 45 heavy (non-hydrogen) atoms. The van der Waals surface area contributed by atoms with Gasteiger partial charge >= 0.3 is 0 Å². The predicted octanol–water partition coefficient (Wildman–Crippen LogP) is 5.73. The number of carbonyl (C=O) groups is 1. The Hall–Kier alpha value is -5.68. The molecule has 1 atom stereocenters. The van der Waals surface area contributed by atoms with Crippen LogP contribution in [0.25, 0.3) is 17.2 Å². The van der Waals surface area contributed by atoms with Crippen LogP contribution in [0, 0.1) is 23.9 Å². The van der Waals surface area contributed by atoms with Crippen molar-refractivity contribution in [1.29, 1.82) is 0 Å². The topological polar surface area (TPSA) is 54.8 Å². The minimum atomic E-state index is -0.949. The van der Waals surface area contributed by atoms with Crippen LogP contribution in [0.4, 0.5) is 8.78 Å². The van der Waals surface area contributed by atoms with E-state index >= 15 is 4.39 Å². The van der Waals surface area contributed by atoms with Gasteiger partial charge in [-0.15, -0.1) is 0 Å². The van der Waals surface area contributed by atoms with Crippen molar-refractivity contribution in [1.82, 2.24) is 9.58 Å². The van der Waals surface area contributed by atoms with Crippen molar-refractivity contribution < 1.29 is 18.3 Å². The van der Waals surface area contributed by atoms with E-state index in [1.165, 1.54) is 12.1 Å². The second-order valence-corrected chi connectivity index (χ2v) is 11.8. The average molecular weight is 596 g/mol. The molecule has 3 heterocycles. The van der Waals surface area contributed by atoms with Crippen LogP contribution in [0.2, 0.25) is 0 Å². The molecule has 1 spiro atoms. The Kier molecular flexibility index (Phi) is 5.25. The van der Waals surface area contributed by atoms with E-state index < -0.39 is 28.5 Å². The lowest BCUT2D eigenvalue weighted by Crippen LogP contribution is -2.62. The van der Waals surface area contributed by atoms with Crippen LogP contribution in [0.5, 0.6) is 5.75 Å². The molecule has 218 valence electrons. The molecule has 2 aliphatic carbocycles. The van der Waals surface area contributed by atoms with Gasteiger partial charge in [-0.3, -0.25) is 14.6 Å². The molecule has 0 fully saturated rings. The van der Waals surface area contributed by atoms with Gasteiger partial charge < -0.3 is 9.64 Å². The largest absolute Gasteiger partial charge is 0.482 e. The SMILES string of the molecule is O=C1c2c(OCc3ccccc3)c(=O)c#cn2N2CN1Cc1cc(F)ccc1-c1cc3c(cc1F)CC1=Cc4ccccc4C132. The molecule has 0 saturated heterocycles. The van der Waals surface area contributed by atoms with E-state index in [1.54, 1.807) is 21.7 Å². The first-order valence-corrected chi connectivity index (χ1v) is 14.7. The van der Waals surface area contributed by atoms with Crippen LogP contribution >= 0.6 is 0 Å². The predicted molar refractivity (Wildman–Crippen MR) is 163 cm³/mol. The van der Waals surface area contributed by atoms with Crippen LogP contribution < -0.4 is 15.2 Å². The van der Waals surface area contributed by atoms with Crippen molar-refractivity contribution in [3.8, 4) is 16.9 Å². The molecule has 8 heteroatoms. The van der Waals surface area contributed by atoms with Gasteiger partial charge in [-0.05, 0) is 75.2 Å². The lowest BCUT2D eigenvalue weighted by atomic mass is 9.81. The summed E-state index contributed by atoms with van der Waals surface area (Å²) in [6, 6.07) is 27.7. The maximum atomic E-state index is 15.9. The average Bonchev–Trinajstić information content (AvgIpc) is 3.52. The molecule has 1 amide bonds. The van der Waals surface area contributed by atoms with Crippen LogP contribution in [-0.4, -0.2) is 22.2 Å². The Morgan fingerprint density at radius 2 is 1.69 bits per heavy atom. The van der Waals surface area contributed by atoms with E-state index in [-0.39, 0.29) is 31.3 Å². The molecule has 0 N–H and O–H groups in total. The third kappa shape index (κ3) is 3.49. The summed E-state index contributed by atoms with van der Waals surface area (Å²) in [5, 5.41) is 1.99. The lowest BCUT2D eigenvalue weighted by Gasteiger charge is -2.49. The maximum Gasteiger partial charge on any atom is 0.279 e. The van der Waals surface area contributed by atoms with Gasteiger partial charge in [-0.25, -0.2) is 13.5 Å². The zero-order valence-electron chi connectivity index (χ0n) is 23.8. The van der Waals surface area contributed by atoms with Gasteiger partial charge in [0.15, 0.2) is 5.69 Å². The fourth-order valence-electron chi connectivity index (χ4n) is 7.50. The molecule has 2 aliphatic heterocycles. The van der Waals surface area contributed by atoms with Gasteiger partial charge in [-0.1, -0.05) is 66.7 Å². The number of rotatable bonds is 3. The number of carbonyl (C=O) groups excluding carboxylic acids is 1. The summed E-state index contributed by atoms with van der Waals surface area (Å²) >= 11 is 0. The van der Waals surface area contributed by atoms with Gasteiger partial charge in [0.1, 0.15) is 30.4 Å². The number of amides is 1. The fraction of sp³-hybridized carbons (Fsp3) is 0.135. The van der Waals surface area contributed by atoms with Gasteiger partial charge in [-0.2, -0.15) is 0 Å². The molecule has 5 aromatic rings. The first-order valence-electron chi connectivity index (χ1n) is 14.7. The molecule has 4 bridgehead atoms. The number of ether oxygens (including phenoxy) is 1. The maximum absolute atomic E-state index is 15.9. The number of hydrogen-bond acceptors (Lipinski definition) is 4. The summed E-state index contributed by atoms with van der Waals surface area (Å²) < 4.78 is 38.3. The molecule has 0 saturated carbocycles. The second-order valence-electron chi connectivity index (χ2n) is 11.8. The molecule has 4 aromatic carbocycles. The third-order valence-corrected chi connectivity index (χ3v) is 9.38. The highest BCUT2D eigenvalue weighted by Crippen LogP contribution is 2.56. The van der Waals surface area contributed by atoms with Crippen LogP contribution in [0.15, 0.2) is 95.3 Å². The lowest BCUT2D eigenvalue weighted by molar-refractivity contribution is 0.0649. The Morgan fingerprint density at radius 3 is 2.56 bits per heavy atom. The third-order valence-electron chi connectivity index (χ3n) is 9.38. The van der Waals surface area contributed by atoms with E-state index in [2.05, 4.69) is 18.3 Å². The number of halogens is 2. The first kappa shape index (κ1) is 25.8. The molecular formula is C37H23F2N3O3. The van der Waals surface area contributed by atoms with Crippen molar-refractivity contribution in [2.24, 2.45) is 0 Å². The van der Waals surface area contributed by atoms with Crippen LogP contribution in [0.3, 0.4) is 0 Å². The Bertz CT molecular complexity index is 2190. The van der Waals surface area contributed by atoms with E-state index in [4.69, 9.17) is 4.74 Å². The summed E-state index contributed by atoms with van der Waals surface area (Å²) in [6.07, 6.45) is 5.57. The summed E-state index contributed by atoms with van der Waals surface area (Å²) in [6.45, 7) is 0.110. The highest BCUT2D eigenvalue weighted by molar-refractivity contribution is 5.97. The molecule has 9 rings (SSSR count). The number of nitrogens with zero attached hydrogens (tertiary/aromatic N) is 3. The summed E-state index contributed by atoms with van der Waals surface area (Å²) in [5.74, 6) is -1.53. The number of fused-ring (bicyclic) bond motifs is 8. The Balaban J connectivity index is 1.35. The smallest absolute Gasteiger partial charge is 0.279 e. The number of benzene rings is 4. The van der Waals surface area contributed by atoms with Crippen molar-refractivity contribution >= 4 is 12.0 Å². The highest BCUT2D eigenvalue weighted by atomic mass is 19.1. The van der Waals surface area contributed by atoms with Crippen molar-refractivity contribution in [3.63, 3.8) is 0 Å². The van der Waals surface area contributed by atoms with Crippen molar-refractivity contribution in [2.45, 2.75) is 25.1 Å². The molecule has 1 aromatic heterocycles.